The number of anilines is 1. The zero-order chi connectivity index (χ0) is 10.4. The Kier molecular flexibility index (Phi) is 1.39. The van der Waals surface area contributed by atoms with Crippen molar-refractivity contribution in [1.29, 1.82) is 0 Å². The number of H-pyrrole nitrogens is 2. The summed E-state index contributed by atoms with van der Waals surface area (Å²) in [7, 11) is 0. The molecule has 0 aliphatic rings. The largest absolute Gasteiger partial charge is 0.382 e. The van der Waals surface area contributed by atoms with Gasteiger partial charge in [0.1, 0.15) is 5.39 Å². The molecule has 3 rings (SSSR count). The van der Waals surface area contributed by atoms with Crippen molar-refractivity contribution in [3.63, 3.8) is 0 Å². The lowest BCUT2D eigenvalue weighted by Gasteiger charge is -1.97. The normalized spacial score (nSPS) is 11.2. The van der Waals surface area contributed by atoms with Crippen LogP contribution in [0.15, 0.2) is 29.1 Å². The van der Waals surface area contributed by atoms with E-state index in [1.54, 1.807) is 0 Å². The van der Waals surface area contributed by atoms with Crippen LogP contribution in [0.2, 0.25) is 0 Å². The summed E-state index contributed by atoms with van der Waals surface area (Å²) in [6.07, 6.45) is 0. The highest BCUT2D eigenvalue weighted by Crippen LogP contribution is 2.21. The highest BCUT2D eigenvalue weighted by atomic mass is 16.1. The van der Waals surface area contributed by atoms with Gasteiger partial charge >= 0.3 is 0 Å². The number of nitrogens with zero attached hydrogens (tertiary/aromatic N) is 1. The first-order valence-corrected chi connectivity index (χ1v) is 4.52. The number of pyridine rings is 1. The molecule has 4 N–H and O–H groups in total. The van der Waals surface area contributed by atoms with E-state index >= 15 is 0 Å². The molecule has 0 unspecified atom stereocenters. The van der Waals surface area contributed by atoms with Crippen LogP contribution in [0, 0.1) is 0 Å². The zero-order valence-corrected chi connectivity index (χ0v) is 7.74. The van der Waals surface area contributed by atoms with Crippen molar-refractivity contribution in [3.05, 3.63) is 34.6 Å². The lowest BCUT2D eigenvalue weighted by molar-refractivity contribution is 1.13. The van der Waals surface area contributed by atoms with Gasteiger partial charge in [0.15, 0.2) is 5.82 Å². The van der Waals surface area contributed by atoms with Gasteiger partial charge in [-0.15, -0.1) is 0 Å². The number of nitrogens with two attached hydrogens (primary N) is 1. The molecule has 0 aliphatic heterocycles. The van der Waals surface area contributed by atoms with Gasteiger partial charge in [0.25, 0.3) is 5.56 Å². The van der Waals surface area contributed by atoms with Crippen LogP contribution in [-0.2, 0) is 0 Å². The molecule has 74 valence electrons. The van der Waals surface area contributed by atoms with Crippen LogP contribution in [0.5, 0.6) is 0 Å². The summed E-state index contributed by atoms with van der Waals surface area (Å²) in [5.74, 6) is 0.233. The van der Waals surface area contributed by atoms with Gasteiger partial charge < -0.3 is 10.7 Å². The molecule has 0 amide bonds. The Bertz CT molecular complexity index is 710. The number of aromatic nitrogens is 3. The fourth-order valence-corrected chi connectivity index (χ4v) is 1.78. The van der Waals surface area contributed by atoms with E-state index in [9.17, 15) is 4.79 Å². The highest BCUT2D eigenvalue weighted by molar-refractivity contribution is 6.06. The third-order valence-electron chi connectivity index (χ3n) is 2.47. The maximum Gasteiger partial charge on any atom is 0.261 e. The van der Waals surface area contributed by atoms with E-state index in [2.05, 4.69) is 15.2 Å². The predicted octanol–water partition coefficient (Wildman–Crippen LogP) is 0.987. The number of aromatic amines is 2. The predicted molar refractivity (Wildman–Crippen MR) is 58.6 cm³/mol. The molecule has 15 heavy (non-hydrogen) atoms. The molecule has 2 aromatic heterocycles. The number of fused-ring (bicyclic) bond motifs is 3. The van der Waals surface area contributed by atoms with Gasteiger partial charge in [-0.25, -0.2) is 0 Å². The van der Waals surface area contributed by atoms with E-state index < -0.39 is 0 Å². The van der Waals surface area contributed by atoms with E-state index in [0.717, 1.165) is 10.9 Å². The molecule has 1 aromatic carbocycles. The smallest absolute Gasteiger partial charge is 0.261 e. The first-order valence-electron chi connectivity index (χ1n) is 4.52. The Labute approximate surface area is 83.9 Å². The molecule has 3 aromatic rings. The van der Waals surface area contributed by atoms with E-state index in [4.69, 9.17) is 5.73 Å². The molecule has 0 saturated heterocycles. The fourth-order valence-electron chi connectivity index (χ4n) is 1.78. The second-order valence-corrected chi connectivity index (χ2v) is 3.36. The van der Waals surface area contributed by atoms with Gasteiger partial charge in [0, 0.05) is 5.39 Å². The summed E-state index contributed by atoms with van der Waals surface area (Å²) in [4.78, 5) is 14.4. The van der Waals surface area contributed by atoms with Gasteiger partial charge in [0.05, 0.1) is 11.0 Å². The van der Waals surface area contributed by atoms with Gasteiger partial charge in [-0.2, -0.15) is 5.10 Å². The molecule has 0 bridgehead atoms. The molecular formula is C10H8N4O. The molecule has 2 heterocycles. The first kappa shape index (κ1) is 8.05. The number of para-hydroxylation sites is 1. The number of hydrogen-bond acceptors (Lipinski definition) is 3. The van der Waals surface area contributed by atoms with E-state index in [0.29, 0.717) is 10.9 Å². The van der Waals surface area contributed by atoms with Crippen molar-refractivity contribution in [1.82, 2.24) is 15.2 Å². The van der Waals surface area contributed by atoms with Crippen molar-refractivity contribution in [2.24, 2.45) is 0 Å². The average molecular weight is 200 g/mol. The summed E-state index contributed by atoms with van der Waals surface area (Å²) in [6.45, 7) is 0. The minimum absolute atomic E-state index is 0.213. The van der Waals surface area contributed by atoms with Crippen LogP contribution in [0.1, 0.15) is 0 Å². The monoisotopic (exact) mass is 200 g/mol. The highest BCUT2D eigenvalue weighted by Gasteiger charge is 2.09. The zero-order valence-electron chi connectivity index (χ0n) is 7.74. The Morgan fingerprint density at radius 3 is 2.93 bits per heavy atom. The van der Waals surface area contributed by atoms with Crippen molar-refractivity contribution in [2.45, 2.75) is 0 Å². The minimum Gasteiger partial charge on any atom is -0.382 e. The minimum atomic E-state index is -0.213. The number of nitrogens with one attached hydrogen (secondary N) is 2. The Hall–Kier alpha value is -2.30. The van der Waals surface area contributed by atoms with Crippen molar-refractivity contribution in [3.8, 4) is 0 Å². The maximum atomic E-state index is 11.7. The van der Waals surface area contributed by atoms with Gasteiger partial charge in [0.2, 0.25) is 0 Å². The SMILES string of the molecule is Nc1n[nH]c2c1c(=O)[nH]c1ccccc12. The van der Waals surface area contributed by atoms with Crippen LogP contribution < -0.4 is 11.3 Å². The summed E-state index contributed by atoms with van der Waals surface area (Å²) in [5, 5.41) is 7.95. The summed E-state index contributed by atoms with van der Waals surface area (Å²) in [5.41, 5.74) is 6.86. The molecule has 0 fully saturated rings. The molecule has 0 radical (unpaired) electrons. The van der Waals surface area contributed by atoms with E-state index in [1.165, 1.54) is 0 Å². The molecule has 0 atom stereocenters. The van der Waals surface area contributed by atoms with Crippen molar-refractivity contribution < 1.29 is 0 Å². The molecule has 0 aliphatic carbocycles. The topological polar surface area (TPSA) is 87.6 Å². The maximum absolute atomic E-state index is 11.7. The second-order valence-electron chi connectivity index (χ2n) is 3.36. The summed E-state index contributed by atoms with van der Waals surface area (Å²) < 4.78 is 0. The van der Waals surface area contributed by atoms with Crippen LogP contribution in [0.25, 0.3) is 21.8 Å². The number of hydrogen-bond donors (Lipinski definition) is 3. The molecular weight excluding hydrogens is 192 g/mol. The lowest BCUT2D eigenvalue weighted by atomic mass is 10.1. The average Bonchev–Trinajstić information content (AvgIpc) is 2.62. The molecule has 0 saturated carbocycles. The third-order valence-corrected chi connectivity index (χ3v) is 2.47. The quantitative estimate of drug-likeness (QED) is 0.505. The molecule has 0 spiro atoms. The number of benzene rings is 1. The summed E-state index contributed by atoms with van der Waals surface area (Å²) in [6, 6.07) is 7.51. The first-order chi connectivity index (χ1) is 7.27. The van der Waals surface area contributed by atoms with Gasteiger partial charge in [-0.3, -0.25) is 9.89 Å². The van der Waals surface area contributed by atoms with Crippen LogP contribution in [-0.4, -0.2) is 15.2 Å². The second kappa shape index (κ2) is 2.60. The third kappa shape index (κ3) is 0.969. The van der Waals surface area contributed by atoms with E-state index in [1.807, 2.05) is 24.3 Å². The van der Waals surface area contributed by atoms with Crippen LogP contribution in [0.4, 0.5) is 5.82 Å². The number of rotatable bonds is 0. The Morgan fingerprint density at radius 1 is 1.27 bits per heavy atom. The lowest BCUT2D eigenvalue weighted by Crippen LogP contribution is -2.06. The van der Waals surface area contributed by atoms with Gasteiger partial charge in [-0.1, -0.05) is 18.2 Å². The number of nitrogen functional groups attached to an aromatic ring is 1. The molecule has 5 nitrogen and oxygen atoms in total. The molecule has 5 heteroatoms. The van der Waals surface area contributed by atoms with Crippen LogP contribution in [0.3, 0.4) is 0 Å². The van der Waals surface area contributed by atoms with E-state index in [-0.39, 0.29) is 11.4 Å². The van der Waals surface area contributed by atoms with Crippen molar-refractivity contribution in [2.75, 3.05) is 5.73 Å². The van der Waals surface area contributed by atoms with Crippen molar-refractivity contribution >= 4 is 27.6 Å². The summed E-state index contributed by atoms with van der Waals surface area (Å²) >= 11 is 0. The fraction of sp³-hybridized carbons (Fsp3) is 0. The standard InChI is InChI=1S/C10H8N4O/c11-9-7-8(13-14-9)5-3-1-2-4-6(5)12-10(7)15/h1-4H,(H,12,15)(H3,11,13,14). The van der Waals surface area contributed by atoms with Gasteiger partial charge in [-0.05, 0) is 6.07 Å². The Balaban J connectivity index is 2.71. The van der Waals surface area contributed by atoms with Crippen LogP contribution >= 0.6 is 0 Å². The Morgan fingerprint density at radius 2 is 2.07 bits per heavy atom.